The Bertz CT molecular complexity index is 866. The van der Waals surface area contributed by atoms with Gasteiger partial charge in [-0.1, -0.05) is 13.3 Å². The third-order valence-corrected chi connectivity index (χ3v) is 6.52. The van der Waals surface area contributed by atoms with E-state index in [2.05, 4.69) is 16.9 Å². The highest BCUT2D eigenvalue weighted by atomic mass is 19.3. The van der Waals surface area contributed by atoms with Crippen molar-refractivity contribution in [3.63, 3.8) is 0 Å². The van der Waals surface area contributed by atoms with E-state index >= 15 is 0 Å². The summed E-state index contributed by atoms with van der Waals surface area (Å²) >= 11 is 0. The van der Waals surface area contributed by atoms with E-state index in [4.69, 9.17) is 9.47 Å². The van der Waals surface area contributed by atoms with E-state index in [1.807, 2.05) is 0 Å². The number of hydrogen-bond acceptors (Lipinski definition) is 5. The van der Waals surface area contributed by atoms with Crippen molar-refractivity contribution < 1.29 is 23.0 Å². The number of pyridine rings is 2. The lowest BCUT2D eigenvalue weighted by atomic mass is 9.71. The average Bonchev–Trinajstić information content (AvgIpc) is 2.81. The van der Waals surface area contributed by atoms with Crippen LogP contribution >= 0.6 is 0 Å². The van der Waals surface area contributed by atoms with Crippen molar-refractivity contribution >= 4 is 5.78 Å². The number of nitrogens with zero attached hydrogens (tertiary/aromatic N) is 2. The first kappa shape index (κ1) is 23.1. The van der Waals surface area contributed by atoms with E-state index in [1.54, 1.807) is 37.7 Å². The summed E-state index contributed by atoms with van der Waals surface area (Å²) in [4.78, 5) is 20.8. The number of carbonyl (C=O) groups is 1. The number of carbonyl (C=O) groups excluding carboxylic acids is 1. The Balaban J connectivity index is 1.64. The summed E-state index contributed by atoms with van der Waals surface area (Å²) < 4.78 is 37.5. The van der Waals surface area contributed by atoms with Crippen LogP contribution in [-0.4, -0.2) is 30.0 Å². The maximum absolute atomic E-state index is 13.7. The Labute approximate surface area is 182 Å². The van der Waals surface area contributed by atoms with Crippen molar-refractivity contribution in [2.45, 2.75) is 57.8 Å². The lowest BCUT2D eigenvalue weighted by Gasteiger charge is -2.34. The topological polar surface area (TPSA) is 61.3 Å². The van der Waals surface area contributed by atoms with Crippen molar-refractivity contribution in [3.05, 3.63) is 47.3 Å². The first-order valence-electron chi connectivity index (χ1n) is 10.8. The van der Waals surface area contributed by atoms with Crippen molar-refractivity contribution in [1.82, 2.24) is 9.97 Å². The van der Waals surface area contributed by atoms with Crippen molar-refractivity contribution in [2.75, 3.05) is 14.2 Å². The second-order valence-corrected chi connectivity index (χ2v) is 8.12. The molecule has 0 radical (unpaired) electrons. The summed E-state index contributed by atoms with van der Waals surface area (Å²) in [6.07, 6.45) is 5.38. The summed E-state index contributed by atoms with van der Waals surface area (Å²) in [6.45, 7) is 2.11. The predicted octanol–water partition coefficient (Wildman–Crippen LogP) is 6.00. The van der Waals surface area contributed by atoms with E-state index < -0.39 is 6.43 Å². The highest BCUT2D eigenvalue weighted by Gasteiger charge is 2.32. The Morgan fingerprint density at radius 1 is 1.10 bits per heavy atom. The van der Waals surface area contributed by atoms with Gasteiger partial charge in [-0.2, -0.15) is 0 Å². The lowest BCUT2D eigenvalue weighted by Crippen LogP contribution is -2.23. The molecule has 0 bridgehead atoms. The van der Waals surface area contributed by atoms with Gasteiger partial charge in [0.1, 0.15) is 0 Å². The molecule has 0 N–H and O–H groups in total. The van der Waals surface area contributed by atoms with Crippen LogP contribution in [0.1, 0.15) is 79.3 Å². The van der Waals surface area contributed by atoms with Crippen LogP contribution in [0.2, 0.25) is 0 Å². The molecular weight excluding hydrogens is 402 g/mol. The minimum atomic E-state index is -2.62. The highest BCUT2D eigenvalue weighted by Crippen LogP contribution is 2.44. The van der Waals surface area contributed by atoms with Gasteiger partial charge in [-0.05, 0) is 61.1 Å². The molecule has 31 heavy (non-hydrogen) atoms. The Morgan fingerprint density at radius 3 is 2.39 bits per heavy atom. The largest absolute Gasteiger partial charge is 0.481 e. The summed E-state index contributed by atoms with van der Waals surface area (Å²) in [6, 6.07) is 5.15. The minimum absolute atomic E-state index is 0.0137. The van der Waals surface area contributed by atoms with Gasteiger partial charge in [0.2, 0.25) is 11.8 Å². The molecule has 1 aliphatic carbocycles. The molecule has 2 heterocycles. The molecule has 0 spiro atoms. The molecule has 0 aliphatic heterocycles. The smallest absolute Gasteiger partial charge is 0.269 e. The zero-order valence-corrected chi connectivity index (χ0v) is 18.3. The highest BCUT2D eigenvalue weighted by molar-refractivity contribution is 5.95. The molecule has 2 aromatic heterocycles. The maximum Gasteiger partial charge on any atom is 0.269 e. The third kappa shape index (κ3) is 5.38. The number of alkyl halides is 2. The molecule has 1 fully saturated rings. The Morgan fingerprint density at radius 2 is 1.84 bits per heavy atom. The fourth-order valence-electron chi connectivity index (χ4n) is 4.77. The van der Waals surface area contributed by atoms with Crippen LogP contribution in [0.15, 0.2) is 30.6 Å². The van der Waals surface area contributed by atoms with E-state index in [-0.39, 0.29) is 29.1 Å². The minimum Gasteiger partial charge on any atom is -0.481 e. The van der Waals surface area contributed by atoms with E-state index in [1.165, 1.54) is 7.11 Å². The number of hydrogen-bond donors (Lipinski definition) is 0. The summed E-state index contributed by atoms with van der Waals surface area (Å²) in [5, 5.41) is 0. The zero-order valence-electron chi connectivity index (χ0n) is 18.3. The van der Waals surface area contributed by atoms with Crippen molar-refractivity contribution in [1.29, 1.82) is 0 Å². The first-order valence-corrected chi connectivity index (χ1v) is 10.8. The summed E-state index contributed by atoms with van der Waals surface area (Å²) in [5.74, 6) is 1.34. The molecule has 2 aromatic rings. The second-order valence-electron chi connectivity index (χ2n) is 8.12. The van der Waals surface area contributed by atoms with Gasteiger partial charge in [0.25, 0.3) is 6.43 Å². The molecule has 0 unspecified atom stereocenters. The molecular formula is C24H30F2N2O3. The summed E-state index contributed by atoms with van der Waals surface area (Å²) in [5.41, 5.74) is 1.16. The molecule has 5 nitrogen and oxygen atoms in total. The number of ketones is 1. The van der Waals surface area contributed by atoms with Gasteiger partial charge < -0.3 is 9.47 Å². The van der Waals surface area contributed by atoms with Gasteiger partial charge in [0.05, 0.1) is 19.8 Å². The number of rotatable bonds is 9. The van der Waals surface area contributed by atoms with Crippen LogP contribution in [0, 0.1) is 11.8 Å². The first-order chi connectivity index (χ1) is 15.0. The van der Waals surface area contributed by atoms with Crippen LogP contribution < -0.4 is 9.47 Å². The number of Topliss-reactive ketones (excluding diaryl/α,β-unsaturated/α-hetero) is 1. The molecule has 0 saturated heterocycles. The maximum atomic E-state index is 13.7. The van der Waals surface area contributed by atoms with E-state index in [9.17, 15) is 13.6 Å². The van der Waals surface area contributed by atoms with Crippen molar-refractivity contribution in [3.8, 4) is 11.8 Å². The molecule has 1 aliphatic rings. The van der Waals surface area contributed by atoms with Crippen LogP contribution in [0.25, 0.3) is 0 Å². The second kappa shape index (κ2) is 10.6. The number of aromatic nitrogens is 2. The Hall–Kier alpha value is -2.57. The van der Waals surface area contributed by atoms with Crippen LogP contribution in [0.3, 0.4) is 0 Å². The fraction of sp³-hybridized carbons (Fsp3) is 0.542. The molecule has 1 saturated carbocycles. The quantitative estimate of drug-likeness (QED) is 0.455. The van der Waals surface area contributed by atoms with Gasteiger partial charge in [0, 0.05) is 30.4 Å². The van der Waals surface area contributed by atoms with E-state index in [0.717, 1.165) is 32.1 Å². The fourth-order valence-corrected chi connectivity index (χ4v) is 4.77. The van der Waals surface area contributed by atoms with Crippen LogP contribution in [-0.2, 0) is 0 Å². The average molecular weight is 433 g/mol. The summed E-state index contributed by atoms with van der Waals surface area (Å²) in [7, 11) is 2.91. The molecule has 0 aromatic carbocycles. The van der Waals surface area contributed by atoms with Gasteiger partial charge in [0.15, 0.2) is 5.78 Å². The monoisotopic (exact) mass is 432 g/mol. The van der Waals surface area contributed by atoms with Gasteiger partial charge >= 0.3 is 0 Å². The normalized spacial score (nSPS) is 19.8. The standard InChI is InChI=1S/C24H30F2N2O3/c1-4-15(13-20(29)18-9-10-21(30-2)28-14-18)16-5-7-17(8-6-16)19-11-12-27-24(31-3)22(19)23(25)26/h9-12,14-17,23H,4-8,13H2,1-3H3/t15-,16?,17?/m1/s1. The van der Waals surface area contributed by atoms with Crippen LogP contribution in [0.4, 0.5) is 8.78 Å². The van der Waals surface area contributed by atoms with Gasteiger partial charge in [-0.3, -0.25) is 4.79 Å². The predicted molar refractivity (Wildman–Crippen MR) is 114 cm³/mol. The number of methoxy groups -OCH3 is 2. The molecule has 7 heteroatoms. The molecule has 1 atom stereocenters. The third-order valence-electron chi connectivity index (χ3n) is 6.52. The van der Waals surface area contributed by atoms with Gasteiger partial charge in [-0.25, -0.2) is 18.7 Å². The molecule has 168 valence electrons. The molecule has 3 rings (SSSR count). The number of halogens is 2. The zero-order chi connectivity index (χ0) is 22.4. The molecule has 0 amide bonds. The SMILES string of the molecule is CC[C@H](CC(=O)c1ccc(OC)nc1)C1CCC(c2ccnc(OC)c2C(F)F)CC1. The number of ether oxygens (including phenoxy) is 2. The van der Waals surface area contributed by atoms with E-state index in [0.29, 0.717) is 29.3 Å². The van der Waals surface area contributed by atoms with Crippen LogP contribution in [0.5, 0.6) is 11.8 Å². The Kier molecular flexibility index (Phi) is 7.93. The van der Waals surface area contributed by atoms with Gasteiger partial charge in [-0.15, -0.1) is 0 Å². The van der Waals surface area contributed by atoms with Crippen molar-refractivity contribution in [2.24, 2.45) is 11.8 Å². The lowest BCUT2D eigenvalue weighted by molar-refractivity contribution is 0.0924.